The van der Waals surface area contributed by atoms with Crippen LogP contribution in [0.25, 0.3) is 11.3 Å². The Hall–Kier alpha value is -3.43. The highest BCUT2D eigenvalue weighted by Crippen LogP contribution is 2.27. The molecule has 0 amide bonds. The third-order valence-corrected chi connectivity index (χ3v) is 4.52. The molecule has 172 valence electrons. The van der Waals surface area contributed by atoms with E-state index in [0.29, 0.717) is 24.2 Å². The molecule has 5 nitrogen and oxygen atoms in total. The van der Waals surface area contributed by atoms with Crippen molar-refractivity contribution in [2.75, 3.05) is 7.11 Å². The topological polar surface area (TPSA) is 64.4 Å². The Bertz CT molecular complexity index is 1060. The van der Waals surface area contributed by atoms with Gasteiger partial charge in [-0.25, -0.2) is 18.6 Å². The highest BCUT2D eigenvalue weighted by Gasteiger charge is 2.38. The number of nitrogens with zero attached hydrogens (tertiary/aromatic N) is 2. The number of halogens is 5. The van der Waals surface area contributed by atoms with Gasteiger partial charge in [-0.15, -0.1) is 0 Å². The average Bonchev–Trinajstić information content (AvgIpc) is 3.14. The second kappa shape index (κ2) is 10.7. The maximum Gasteiger partial charge on any atom is 0.490 e. The van der Waals surface area contributed by atoms with Crippen LogP contribution in [0.15, 0.2) is 48.8 Å². The first-order valence-corrected chi connectivity index (χ1v) is 9.49. The normalized spacial score (nSPS) is 11.0. The number of aliphatic carboxylic acids is 1. The van der Waals surface area contributed by atoms with E-state index in [4.69, 9.17) is 14.6 Å². The lowest BCUT2D eigenvalue weighted by Crippen LogP contribution is -2.21. The molecular formula is C22H21F5N2O3. The fourth-order valence-corrected chi connectivity index (χ4v) is 3.03. The van der Waals surface area contributed by atoms with Gasteiger partial charge in [0.1, 0.15) is 17.4 Å². The van der Waals surface area contributed by atoms with Gasteiger partial charge in [0.05, 0.1) is 19.1 Å². The van der Waals surface area contributed by atoms with Crippen molar-refractivity contribution in [1.82, 2.24) is 9.55 Å². The second-order valence-corrected chi connectivity index (χ2v) is 6.58. The van der Waals surface area contributed by atoms with Gasteiger partial charge >= 0.3 is 12.1 Å². The van der Waals surface area contributed by atoms with Crippen molar-refractivity contribution in [3.8, 4) is 17.0 Å². The van der Waals surface area contributed by atoms with E-state index in [1.54, 1.807) is 13.4 Å². The van der Waals surface area contributed by atoms with Crippen LogP contribution in [0.4, 0.5) is 22.0 Å². The number of methoxy groups -OCH3 is 1. The summed E-state index contributed by atoms with van der Waals surface area (Å²) in [6.45, 7) is 2.71. The van der Waals surface area contributed by atoms with Gasteiger partial charge in [0.15, 0.2) is 0 Å². The lowest BCUT2D eigenvalue weighted by Gasteiger charge is -2.11. The summed E-state index contributed by atoms with van der Waals surface area (Å²) < 4.78 is 66.4. The fraction of sp³-hybridized carbons (Fsp3) is 0.273. The van der Waals surface area contributed by atoms with Crippen molar-refractivity contribution in [3.05, 3.63) is 71.7 Å². The van der Waals surface area contributed by atoms with Gasteiger partial charge < -0.3 is 14.4 Å². The van der Waals surface area contributed by atoms with Crippen LogP contribution in [-0.2, 0) is 24.2 Å². The molecule has 3 rings (SSSR count). The zero-order valence-corrected chi connectivity index (χ0v) is 17.3. The summed E-state index contributed by atoms with van der Waals surface area (Å²) in [4.78, 5) is 13.3. The van der Waals surface area contributed by atoms with Crippen LogP contribution in [0.1, 0.15) is 18.2 Å². The minimum atomic E-state index is -5.08. The Morgan fingerprint density at radius 3 is 2.38 bits per heavy atom. The Labute approximate surface area is 181 Å². The standard InChI is InChI=1S/C20H20F2N2O.C2HF3O2/c1-3-18-20(16-9-8-15(21)12-17(16)22)23-13-24(18)11-10-14-6-4-5-7-19(14)25-2;3-2(4,5)1(6)7/h4-9,12-13H,3,10-11H2,1-2H3;(H,6,7). The van der Waals surface area contributed by atoms with E-state index in [9.17, 15) is 22.0 Å². The molecule has 0 aliphatic heterocycles. The summed E-state index contributed by atoms with van der Waals surface area (Å²) in [6.07, 6.45) is -1.89. The second-order valence-electron chi connectivity index (χ2n) is 6.58. The molecule has 0 fully saturated rings. The molecule has 0 aliphatic rings. The molecule has 0 unspecified atom stereocenters. The number of aromatic nitrogens is 2. The van der Waals surface area contributed by atoms with E-state index >= 15 is 0 Å². The molecule has 0 saturated carbocycles. The molecule has 2 aromatic carbocycles. The van der Waals surface area contributed by atoms with Gasteiger partial charge in [-0.1, -0.05) is 25.1 Å². The number of imidazole rings is 1. The number of ether oxygens (including phenoxy) is 1. The van der Waals surface area contributed by atoms with Crippen LogP contribution in [0.3, 0.4) is 0 Å². The molecule has 1 aromatic heterocycles. The number of carbonyl (C=O) groups is 1. The maximum absolute atomic E-state index is 14.1. The van der Waals surface area contributed by atoms with Crippen LogP contribution in [0.5, 0.6) is 5.75 Å². The third kappa shape index (κ3) is 6.29. The Morgan fingerprint density at radius 2 is 1.81 bits per heavy atom. The first-order valence-electron chi connectivity index (χ1n) is 9.49. The molecule has 0 bridgehead atoms. The third-order valence-electron chi connectivity index (χ3n) is 4.52. The van der Waals surface area contributed by atoms with Crippen LogP contribution >= 0.6 is 0 Å². The Morgan fingerprint density at radius 1 is 1.16 bits per heavy atom. The predicted molar refractivity (Wildman–Crippen MR) is 107 cm³/mol. The minimum Gasteiger partial charge on any atom is -0.496 e. The number of hydrogen-bond acceptors (Lipinski definition) is 3. The van der Waals surface area contributed by atoms with E-state index in [1.807, 2.05) is 35.8 Å². The minimum absolute atomic E-state index is 0.328. The number of carboxylic acid groups (broad SMARTS) is 1. The van der Waals surface area contributed by atoms with Gasteiger partial charge in [0, 0.05) is 23.9 Å². The zero-order valence-electron chi connectivity index (χ0n) is 17.3. The SMILES string of the molecule is CCc1c(-c2ccc(F)cc2F)ncn1CCc1ccccc1OC.O=C(O)C(F)(F)F. The number of benzene rings is 2. The van der Waals surface area contributed by atoms with Gasteiger partial charge in [0.25, 0.3) is 0 Å². The molecule has 0 atom stereocenters. The van der Waals surface area contributed by atoms with Crippen LogP contribution in [0.2, 0.25) is 0 Å². The van der Waals surface area contributed by atoms with E-state index in [1.165, 1.54) is 12.1 Å². The van der Waals surface area contributed by atoms with Crippen LogP contribution in [0, 0.1) is 11.6 Å². The molecule has 10 heteroatoms. The van der Waals surface area contributed by atoms with E-state index in [0.717, 1.165) is 29.5 Å². The number of para-hydroxylation sites is 1. The molecule has 3 aromatic rings. The first kappa shape index (κ1) is 24.8. The van der Waals surface area contributed by atoms with Crippen molar-refractivity contribution in [2.45, 2.75) is 32.5 Å². The lowest BCUT2D eigenvalue weighted by molar-refractivity contribution is -0.192. The molecule has 1 heterocycles. The summed E-state index contributed by atoms with van der Waals surface area (Å²) in [5, 5.41) is 7.12. The molecular weight excluding hydrogens is 435 g/mol. The fourth-order valence-electron chi connectivity index (χ4n) is 3.03. The summed E-state index contributed by atoms with van der Waals surface area (Å²) in [6, 6.07) is 11.5. The first-order chi connectivity index (χ1) is 15.1. The van der Waals surface area contributed by atoms with Crippen molar-refractivity contribution < 1.29 is 36.6 Å². The van der Waals surface area contributed by atoms with E-state index < -0.39 is 23.8 Å². The van der Waals surface area contributed by atoms with E-state index in [2.05, 4.69) is 4.98 Å². The highest BCUT2D eigenvalue weighted by atomic mass is 19.4. The van der Waals surface area contributed by atoms with Crippen LogP contribution < -0.4 is 4.74 Å². The van der Waals surface area contributed by atoms with Crippen LogP contribution in [-0.4, -0.2) is 33.9 Å². The van der Waals surface area contributed by atoms with Crippen molar-refractivity contribution in [2.24, 2.45) is 0 Å². The quantitative estimate of drug-likeness (QED) is 0.513. The van der Waals surface area contributed by atoms with E-state index in [-0.39, 0.29) is 0 Å². The summed E-state index contributed by atoms with van der Waals surface area (Å²) in [5.74, 6) is -3.09. The van der Waals surface area contributed by atoms with Gasteiger partial charge in [-0.05, 0) is 36.6 Å². The summed E-state index contributed by atoms with van der Waals surface area (Å²) >= 11 is 0. The average molecular weight is 456 g/mol. The predicted octanol–water partition coefficient (Wildman–Crippen LogP) is 5.28. The van der Waals surface area contributed by atoms with Gasteiger partial charge in [0.2, 0.25) is 0 Å². The Balaban J connectivity index is 0.000000451. The molecule has 0 aliphatic carbocycles. The van der Waals surface area contributed by atoms with Crippen molar-refractivity contribution in [3.63, 3.8) is 0 Å². The monoisotopic (exact) mass is 456 g/mol. The molecule has 1 N–H and O–H groups in total. The number of hydrogen-bond donors (Lipinski definition) is 1. The number of alkyl halides is 3. The highest BCUT2D eigenvalue weighted by molar-refractivity contribution is 5.73. The van der Waals surface area contributed by atoms with Gasteiger partial charge in [-0.3, -0.25) is 0 Å². The number of rotatable bonds is 6. The molecule has 0 saturated heterocycles. The number of carboxylic acids is 1. The maximum atomic E-state index is 14.1. The molecule has 32 heavy (non-hydrogen) atoms. The summed E-state index contributed by atoms with van der Waals surface area (Å²) in [5.41, 5.74) is 2.94. The van der Waals surface area contributed by atoms with Crippen molar-refractivity contribution >= 4 is 5.97 Å². The Kier molecular flexibility index (Phi) is 8.34. The summed E-state index contributed by atoms with van der Waals surface area (Å²) in [7, 11) is 1.66. The van der Waals surface area contributed by atoms with Crippen molar-refractivity contribution in [1.29, 1.82) is 0 Å². The largest absolute Gasteiger partial charge is 0.496 e. The zero-order chi connectivity index (χ0) is 23.9. The lowest BCUT2D eigenvalue weighted by atomic mass is 10.1. The molecule has 0 radical (unpaired) electrons. The smallest absolute Gasteiger partial charge is 0.490 e. The molecule has 0 spiro atoms. The van der Waals surface area contributed by atoms with Gasteiger partial charge in [-0.2, -0.15) is 13.2 Å². The number of aryl methyl sites for hydroxylation is 2.